The molecule has 0 aromatic heterocycles. The SMILES string of the molecule is CCOc1cccc(C(C)NC(=O)N2CCN(CC(=O)Nc3ccccc3C(F)(F)F)CC2)c1. The van der Waals surface area contributed by atoms with E-state index in [9.17, 15) is 22.8 Å². The summed E-state index contributed by atoms with van der Waals surface area (Å²) in [4.78, 5) is 28.5. The van der Waals surface area contributed by atoms with E-state index in [1.807, 2.05) is 43.0 Å². The largest absolute Gasteiger partial charge is 0.494 e. The van der Waals surface area contributed by atoms with Gasteiger partial charge < -0.3 is 20.3 Å². The Kier molecular flexibility index (Phi) is 8.38. The van der Waals surface area contributed by atoms with Gasteiger partial charge in [-0.1, -0.05) is 24.3 Å². The minimum Gasteiger partial charge on any atom is -0.494 e. The zero-order valence-electron chi connectivity index (χ0n) is 19.2. The number of amides is 3. The molecule has 2 N–H and O–H groups in total. The summed E-state index contributed by atoms with van der Waals surface area (Å²) >= 11 is 0. The van der Waals surface area contributed by atoms with E-state index in [4.69, 9.17) is 4.74 Å². The van der Waals surface area contributed by atoms with E-state index in [-0.39, 0.29) is 24.3 Å². The Morgan fingerprint density at radius 3 is 2.44 bits per heavy atom. The number of para-hydroxylation sites is 1. The van der Waals surface area contributed by atoms with Gasteiger partial charge in [-0.05, 0) is 43.7 Å². The van der Waals surface area contributed by atoms with Gasteiger partial charge >= 0.3 is 12.2 Å². The van der Waals surface area contributed by atoms with Crippen molar-refractivity contribution in [2.24, 2.45) is 0 Å². The van der Waals surface area contributed by atoms with Crippen LogP contribution >= 0.6 is 0 Å². The Balaban J connectivity index is 1.47. The molecule has 184 valence electrons. The second-order valence-corrected chi connectivity index (χ2v) is 8.03. The molecule has 10 heteroatoms. The van der Waals surface area contributed by atoms with Crippen molar-refractivity contribution in [3.8, 4) is 5.75 Å². The average Bonchev–Trinajstić information content (AvgIpc) is 2.79. The lowest BCUT2D eigenvalue weighted by molar-refractivity contribution is -0.137. The third-order valence-corrected chi connectivity index (χ3v) is 5.54. The average molecular weight is 479 g/mol. The fourth-order valence-corrected chi connectivity index (χ4v) is 3.74. The minimum atomic E-state index is -4.55. The first-order chi connectivity index (χ1) is 16.2. The Morgan fingerprint density at radius 1 is 1.06 bits per heavy atom. The van der Waals surface area contributed by atoms with Crippen LogP contribution < -0.4 is 15.4 Å². The van der Waals surface area contributed by atoms with Crippen LogP contribution in [0.2, 0.25) is 0 Å². The van der Waals surface area contributed by atoms with Crippen LogP contribution in [0.1, 0.15) is 31.0 Å². The maximum atomic E-state index is 13.1. The zero-order chi connectivity index (χ0) is 24.7. The smallest absolute Gasteiger partial charge is 0.418 e. The summed E-state index contributed by atoms with van der Waals surface area (Å²) < 4.78 is 44.9. The highest BCUT2D eigenvalue weighted by Gasteiger charge is 2.33. The number of alkyl halides is 3. The molecule has 1 atom stereocenters. The Morgan fingerprint density at radius 2 is 1.76 bits per heavy atom. The highest BCUT2D eigenvalue weighted by atomic mass is 19.4. The van der Waals surface area contributed by atoms with Crippen molar-refractivity contribution >= 4 is 17.6 Å². The number of benzene rings is 2. The number of rotatable bonds is 7. The number of hydrogen-bond donors (Lipinski definition) is 2. The van der Waals surface area contributed by atoms with E-state index in [2.05, 4.69) is 10.6 Å². The van der Waals surface area contributed by atoms with Crippen molar-refractivity contribution < 1.29 is 27.5 Å². The van der Waals surface area contributed by atoms with Crippen LogP contribution in [0, 0.1) is 0 Å². The van der Waals surface area contributed by atoms with Crippen LogP contribution in [-0.2, 0) is 11.0 Å². The molecule has 7 nitrogen and oxygen atoms in total. The number of anilines is 1. The molecule has 2 aromatic carbocycles. The molecule has 0 radical (unpaired) electrons. The van der Waals surface area contributed by atoms with Crippen molar-refractivity contribution in [3.63, 3.8) is 0 Å². The molecule has 1 heterocycles. The third-order valence-electron chi connectivity index (χ3n) is 5.54. The molecule has 2 aromatic rings. The Hall–Kier alpha value is -3.27. The number of carbonyl (C=O) groups excluding carboxylic acids is 2. The van der Waals surface area contributed by atoms with E-state index in [1.54, 1.807) is 4.90 Å². The fourth-order valence-electron chi connectivity index (χ4n) is 3.74. The number of hydrogen-bond acceptors (Lipinski definition) is 4. The first-order valence-corrected chi connectivity index (χ1v) is 11.1. The molecule has 34 heavy (non-hydrogen) atoms. The first-order valence-electron chi connectivity index (χ1n) is 11.1. The van der Waals surface area contributed by atoms with Crippen LogP contribution in [0.4, 0.5) is 23.7 Å². The highest BCUT2D eigenvalue weighted by Crippen LogP contribution is 2.34. The van der Waals surface area contributed by atoms with Crippen LogP contribution in [0.3, 0.4) is 0 Å². The van der Waals surface area contributed by atoms with Gasteiger partial charge in [-0.3, -0.25) is 9.69 Å². The van der Waals surface area contributed by atoms with Gasteiger partial charge in [0.15, 0.2) is 0 Å². The summed E-state index contributed by atoms with van der Waals surface area (Å²) in [5, 5.41) is 5.32. The zero-order valence-corrected chi connectivity index (χ0v) is 19.2. The van der Waals surface area contributed by atoms with E-state index in [0.29, 0.717) is 32.8 Å². The molecule has 0 spiro atoms. The number of nitrogens with zero attached hydrogens (tertiary/aromatic N) is 2. The predicted molar refractivity (Wildman–Crippen MR) is 123 cm³/mol. The van der Waals surface area contributed by atoms with Gasteiger partial charge in [0.05, 0.1) is 30.4 Å². The molecule has 0 saturated carbocycles. The Labute approximate surface area is 196 Å². The monoisotopic (exact) mass is 478 g/mol. The second-order valence-electron chi connectivity index (χ2n) is 8.03. The fraction of sp³-hybridized carbons (Fsp3) is 0.417. The van der Waals surface area contributed by atoms with Gasteiger partial charge in [0, 0.05) is 26.2 Å². The number of nitrogens with one attached hydrogen (secondary N) is 2. The van der Waals surface area contributed by atoms with E-state index in [0.717, 1.165) is 17.4 Å². The number of urea groups is 1. The van der Waals surface area contributed by atoms with Crippen molar-refractivity contribution in [2.45, 2.75) is 26.1 Å². The lowest BCUT2D eigenvalue weighted by Crippen LogP contribution is -2.53. The molecule has 1 fully saturated rings. The quantitative estimate of drug-likeness (QED) is 0.628. The molecule has 3 rings (SSSR count). The number of carbonyl (C=O) groups is 2. The van der Waals surface area contributed by atoms with Crippen molar-refractivity contribution in [1.82, 2.24) is 15.1 Å². The number of ether oxygens (including phenoxy) is 1. The molecule has 0 aliphatic carbocycles. The standard InChI is InChI=1S/C24H29F3N4O3/c1-3-34-19-8-6-7-18(15-19)17(2)28-23(33)31-13-11-30(12-14-31)16-22(32)29-21-10-5-4-9-20(21)24(25,26)27/h4-10,15,17H,3,11-14,16H2,1-2H3,(H,28,33)(H,29,32). The van der Waals surface area contributed by atoms with E-state index in [1.165, 1.54) is 18.2 Å². The summed E-state index contributed by atoms with van der Waals surface area (Å²) in [6, 6.07) is 12.0. The summed E-state index contributed by atoms with van der Waals surface area (Å²) in [6.07, 6.45) is -4.55. The normalized spacial score (nSPS) is 15.5. The van der Waals surface area contributed by atoms with E-state index >= 15 is 0 Å². The van der Waals surface area contributed by atoms with Gasteiger partial charge in [-0.25, -0.2) is 4.79 Å². The highest BCUT2D eigenvalue weighted by molar-refractivity contribution is 5.93. The maximum Gasteiger partial charge on any atom is 0.418 e. The minimum absolute atomic E-state index is 0.0533. The molecular weight excluding hydrogens is 449 g/mol. The lowest BCUT2D eigenvalue weighted by Gasteiger charge is -2.35. The van der Waals surface area contributed by atoms with Crippen molar-refractivity contribution in [1.29, 1.82) is 0 Å². The van der Waals surface area contributed by atoms with Gasteiger partial charge in [-0.15, -0.1) is 0 Å². The number of piperazine rings is 1. The molecule has 3 amide bonds. The van der Waals surface area contributed by atoms with Crippen LogP contribution in [0.25, 0.3) is 0 Å². The Bertz CT molecular complexity index is 991. The van der Waals surface area contributed by atoms with Crippen molar-refractivity contribution in [3.05, 3.63) is 59.7 Å². The summed E-state index contributed by atoms with van der Waals surface area (Å²) in [5.41, 5.74) is -0.222. The van der Waals surface area contributed by atoms with Gasteiger partial charge in [0.1, 0.15) is 5.75 Å². The molecule has 1 aliphatic heterocycles. The maximum absolute atomic E-state index is 13.1. The molecule has 1 aliphatic rings. The number of halogens is 3. The van der Waals surface area contributed by atoms with E-state index < -0.39 is 17.6 Å². The molecular formula is C24H29F3N4O3. The first kappa shape index (κ1) is 25.4. The third kappa shape index (κ3) is 6.86. The van der Waals surface area contributed by atoms with Crippen LogP contribution in [0.15, 0.2) is 48.5 Å². The summed E-state index contributed by atoms with van der Waals surface area (Å²) in [6.45, 7) is 5.99. The van der Waals surface area contributed by atoms with Crippen LogP contribution in [-0.4, -0.2) is 61.1 Å². The van der Waals surface area contributed by atoms with Gasteiger partial charge in [0.2, 0.25) is 5.91 Å². The topological polar surface area (TPSA) is 73.9 Å². The summed E-state index contributed by atoms with van der Waals surface area (Å²) in [5.74, 6) is 0.211. The van der Waals surface area contributed by atoms with Crippen molar-refractivity contribution in [2.75, 3.05) is 44.6 Å². The van der Waals surface area contributed by atoms with Gasteiger partial charge in [-0.2, -0.15) is 13.2 Å². The second kappa shape index (κ2) is 11.2. The molecule has 0 bridgehead atoms. The molecule has 1 saturated heterocycles. The van der Waals surface area contributed by atoms with Crippen LogP contribution in [0.5, 0.6) is 5.75 Å². The summed E-state index contributed by atoms with van der Waals surface area (Å²) in [7, 11) is 0. The predicted octanol–water partition coefficient (Wildman–Crippen LogP) is 4.13. The molecule has 1 unspecified atom stereocenters. The lowest BCUT2D eigenvalue weighted by atomic mass is 10.1. The van der Waals surface area contributed by atoms with Gasteiger partial charge in [0.25, 0.3) is 0 Å².